The first kappa shape index (κ1) is 19.8. The van der Waals surface area contributed by atoms with Crippen LogP contribution in [-0.2, 0) is 4.74 Å². The van der Waals surface area contributed by atoms with Crippen LogP contribution in [0.25, 0.3) is 11.1 Å². The van der Waals surface area contributed by atoms with E-state index in [1.54, 1.807) is 18.2 Å². The predicted octanol–water partition coefficient (Wildman–Crippen LogP) is 5.57. The van der Waals surface area contributed by atoms with Crippen molar-refractivity contribution in [1.82, 2.24) is 5.32 Å². The minimum absolute atomic E-state index is 0.0175. The Labute approximate surface area is 179 Å². The van der Waals surface area contributed by atoms with Crippen molar-refractivity contribution in [3.8, 4) is 11.1 Å². The highest BCUT2D eigenvalue weighted by Gasteiger charge is 2.29. The predicted molar refractivity (Wildman–Crippen MR) is 114 cm³/mol. The lowest BCUT2D eigenvalue weighted by molar-refractivity contribution is 0.128. The third kappa shape index (κ3) is 3.97. The second-order valence-electron chi connectivity index (χ2n) is 6.86. The quantitative estimate of drug-likeness (QED) is 0.559. The molecule has 4 rings (SSSR count). The van der Waals surface area contributed by atoms with E-state index < -0.39 is 12.2 Å². The van der Waals surface area contributed by atoms with Gasteiger partial charge in [0.05, 0.1) is 12.6 Å². The average molecular weight is 428 g/mol. The maximum Gasteiger partial charge on any atom is 0.407 e. The Morgan fingerprint density at radius 1 is 0.931 bits per heavy atom. The van der Waals surface area contributed by atoms with Gasteiger partial charge in [0.25, 0.3) is 0 Å². The number of aliphatic hydroxyl groups excluding tert-OH is 1. The fraction of sp³-hybridized carbons (Fsp3) is 0.174. The molecule has 0 bridgehead atoms. The van der Waals surface area contributed by atoms with Gasteiger partial charge in [-0.3, -0.25) is 0 Å². The third-order valence-corrected chi connectivity index (χ3v) is 5.78. The van der Waals surface area contributed by atoms with Crippen LogP contribution in [0.1, 0.15) is 28.7 Å². The molecule has 0 fully saturated rings. The Bertz CT molecular complexity index is 988. The van der Waals surface area contributed by atoms with E-state index in [-0.39, 0.29) is 19.1 Å². The van der Waals surface area contributed by atoms with Crippen LogP contribution in [0.5, 0.6) is 0 Å². The van der Waals surface area contributed by atoms with Gasteiger partial charge in [0.15, 0.2) is 0 Å². The summed E-state index contributed by atoms with van der Waals surface area (Å²) in [5, 5.41) is 13.6. The van der Waals surface area contributed by atoms with Crippen molar-refractivity contribution in [2.24, 2.45) is 0 Å². The molecule has 0 radical (unpaired) electrons. The van der Waals surface area contributed by atoms with E-state index in [0.29, 0.717) is 15.6 Å². The molecule has 1 aliphatic carbocycles. The van der Waals surface area contributed by atoms with E-state index in [2.05, 4.69) is 29.6 Å². The van der Waals surface area contributed by atoms with E-state index in [4.69, 9.17) is 27.9 Å². The zero-order valence-electron chi connectivity index (χ0n) is 15.4. The second-order valence-corrected chi connectivity index (χ2v) is 7.67. The molecule has 0 aliphatic heterocycles. The minimum Gasteiger partial charge on any atom is -0.449 e. The zero-order valence-corrected chi connectivity index (χ0v) is 17.0. The summed E-state index contributed by atoms with van der Waals surface area (Å²) in [5.41, 5.74) is 5.00. The van der Waals surface area contributed by atoms with Crippen LogP contribution >= 0.6 is 23.2 Å². The fourth-order valence-corrected chi connectivity index (χ4v) is 4.41. The summed E-state index contributed by atoms with van der Waals surface area (Å²) >= 11 is 12.2. The molecule has 0 saturated carbocycles. The standard InChI is InChI=1S/C23H19Cl2NO3/c24-19-10-5-11-20(25)22(19)21(27)12-26-23(28)29-13-18-16-8-3-1-6-14(16)15-7-2-4-9-17(15)18/h1-11,18,21,27H,12-13H2,(H,26,28). The van der Waals surface area contributed by atoms with Gasteiger partial charge in [-0.25, -0.2) is 4.79 Å². The molecule has 4 nitrogen and oxygen atoms in total. The molecule has 148 valence electrons. The van der Waals surface area contributed by atoms with Gasteiger partial charge in [-0.05, 0) is 34.4 Å². The van der Waals surface area contributed by atoms with Crippen LogP contribution in [0.3, 0.4) is 0 Å². The normalized spacial score (nSPS) is 13.5. The van der Waals surface area contributed by atoms with Crippen molar-refractivity contribution in [2.75, 3.05) is 13.2 Å². The fourth-order valence-electron chi connectivity index (χ4n) is 3.76. The number of hydrogen-bond donors (Lipinski definition) is 2. The highest BCUT2D eigenvalue weighted by molar-refractivity contribution is 6.36. The number of aliphatic hydroxyl groups is 1. The number of fused-ring (bicyclic) bond motifs is 3. The Hall–Kier alpha value is -2.53. The monoisotopic (exact) mass is 427 g/mol. The number of benzene rings is 3. The summed E-state index contributed by atoms with van der Waals surface area (Å²) in [6.45, 7) is 0.156. The molecule has 6 heteroatoms. The van der Waals surface area contributed by atoms with Crippen molar-refractivity contribution in [3.05, 3.63) is 93.5 Å². The number of halogens is 2. The molecular weight excluding hydrogens is 409 g/mol. The number of amides is 1. The number of nitrogens with one attached hydrogen (secondary N) is 1. The van der Waals surface area contributed by atoms with Crippen molar-refractivity contribution in [1.29, 1.82) is 0 Å². The first-order valence-corrected chi connectivity index (χ1v) is 10.0. The molecule has 1 atom stereocenters. The molecule has 0 spiro atoms. The van der Waals surface area contributed by atoms with Crippen LogP contribution in [0, 0.1) is 0 Å². The lowest BCUT2D eigenvalue weighted by atomic mass is 9.98. The molecule has 0 saturated heterocycles. The lowest BCUT2D eigenvalue weighted by Crippen LogP contribution is -2.30. The molecule has 3 aromatic carbocycles. The molecule has 1 amide bonds. The first-order valence-electron chi connectivity index (χ1n) is 9.27. The summed E-state index contributed by atoms with van der Waals surface area (Å²) < 4.78 is 5.46. The van der Waals surface area contributed by atoms with E-state index in [1.165, 1.54) is 11.1 Å². The highest BCUT2D eigenvalue weighted by Crippen LogP contribution is 2.44. The lowest BCUT2D eigenvalue weighted by Gasteiger charge is -2.17. The van der Waals surface area contributed by atoms with Crippen molar-refractivity contribution in [3.63, 3.8) is 0 Å². The van der Waals surface area contributed by atoms with Gasteiger partial charge in [-0.1, -0.05) is 77.8 Å². The largest absolute Gasteiger partial charge is 0.449 e. The molecule has 0 heterocycles. The maximum absolute atomic E-state index is 12.2. The molecule has 3 aromatic rings. The smallest absolute Gasteiger partial charge is 0.407 e. The van der Waals surface area contributed by atoms with Gasteiger partial charge in [-0.15, -0.1) is 0 Å². The summed E-state index contributed by atoms with van der Waals surface area (Å²) in [7, 11) is 0. The topological polar surface area (TPSA) is 58.6 Å². The number of carbonyl (C=O) groups is 1. The van der Waals surface area contributed by atoms with Gasteiger partial charge in [0.2, 0.25) is 0 Å². The zero-order chi connectivity index (χ0) is 20.4. The number of carbonyl (C=O) groups excluding carboxylic acids is 1. The molecule has 1 unspecified atom stereocenters. The molecular formula is C23H19Cl2NO3. The van der Waals surface area contributed by atoms with Gasteiger partial charge < -0.3 is 15.2 Å². The van der Waals surface area contributed by atoms with Crippen LogP contribution in [-0.4, -0.2) is 24.4 Å². The summed E-state index contributed by atoms with van der Waals surface area (Å²) in [6.07, 6.45) is -1.63. The Morgan fingerprint density at radius 2 is 1.48 bits per heavy atom. The summed E-state index contributed by atoms with van der Waals surface area (Å²) in [4.78, 5) is 12.2. The maximum atomic E-state index is 12.2. The molecule has 0 aromatic heterocycles. The van der Waals surface area contributed by atoms with Gasteiger partial charge >= 0.3 is 6.09 Å². The van der Waals surface area contributed by atoms with Crippen LogP contribution < -0.4 is 5.32 Å². The molecule has 29 heavy (non-hydrogen) atoms. The minimum atomic E-state index is -1.03. The van der Waals surface area contributed by atoms with E-state index in [0.717, 1.165) is 11.1 Å². The Kier molecular flexibility index (Phi) is 5.76. The number of hydrogen-bond acceptors (Lipinski definition) is 3. The van der Waals surface area contributed by atoms with Gasteiger partial charge in [0.1, 0.15) is 6.61 Å². The Morgan fingerprint density at radius 3 is 2.07 bits per heavy atom. The Balaban J connectivity index is 1.39. The van der Waals surface area contributed by atoms with Crippen molar-refractivity contribution in [2.45, 2.75) is 12.0 Å². The third-order valence-electron chi connectivity index (χ3n) is 5.12. The van der Waals surface area contributed by atoms with Crippen LogP contribution in [0.2, 0.25) is 10.0 Å². The van der Waals surface area contributed by atoms with Gasteiger partial charge in [0, 0.05) is 21.5 Å². The number of alkyl carbamates (subject to hydrolysis) is 1. The summed E-state index contributed by atoms with van der Waals surface area (Å²) in [5.74, 6) is -0.0175. The summed E-state index contributed by atoms with van der Waals surface area (Å²) in [6, 6.07) is 21.2. The van der Waals surface area contributed by atoms with Crippen molar-refractivity contribution >= 4 is 29.3 Å². The van der Waals surface area contributed by atoms with Crippen molar-refractivity contribution < 1.29 is 14.6 Å². The highest BCUT2D eigenvalue weighted by atomic mass is 35.5. The van der Waals surface area contributed by atoms with E-state index in [9.17, 15) is 9.90 Å². The molecule has 2 N–H and O–H groups in total. The first-order chi connectivity index (χ1) is 14.1. The number of rotatable bonds is 5. The number of ether oxygens (including phenoxy) is 1. The van der Waals surface area contributed by atoms with E-state index >= 15 is 0 Å². The molecule has 1 aliphatic rings. The van der Waals surface area contributed by atoms with Crippen LogP contribution in [0.15, 0.2) is 66.7 Å². The SMILES string of the molecule is O=C(NCC(O)c1c(Cl)cccc1Cl)OCC1c2ccccc2-c2ccccc21. The van der Waals surface area contributed by atoms with E-state index in [1.807, 2.05) is 24.3 Å². The van der Waals surface area contributed by atoms with Gasteiger partial charge in [-0.2, -0.15) is 0 Å². The average Bonchev–Trinajstić information content (AvgIpc) is 3.04. The van der Waals surface area contributed by atoms with Crippen LogP contribution in [0.4, 0.5) is 4.79 Å². The second kappa shape index (κ2) is 8.46.